The van der Waals surface area contributed by atoms with Gasteiger partial charge >= 0.3 is 11.9 Å². The van der Waals surface area contributed by atoms with Crippen LogP contribution in [0, 0.1) is 11.8 Å². The Balaban J connectivity index is 3.40. The molecule has 5 nitrogen and oxygen atoms in total. The van der Waals surface area contributed by atoms with Crippen molar-refractivity contribution in [1.82, 2.24) is 0 Å². The van der Waals surface area contributed by atoms with E-state index in [0.717, 1.165) is 43.9 Å². The van der Waals surface area contributed by atoms with Crippen molar-refractivity contribution < 1.29 is 24.2 Å². The van der Waals surface area contributed by atoms with Crippen molar-refractivity contribution in [3.63, 3.8) is 0 Å². The molecule has 0 aromatic heterocycles. The SMILES string of the molecule is CCC(C)CCCCCCCCCCCCCCCCC(=O)OC[C@@H](O)COC(=O)CCCCCCCCCCC(C)CC. The first-order chi connectivity index (χ1) is 21.4. The Morgan fingerprint density at radius 1 is 0.455 bits per heavy atom. The van der Waals surface area contributed by atoms with Gasteiger partial charge in [-0.3, -0.25) is 9.59 Å². The molecule has 0 rings (SSSR count). The second kappa shape index (κ2) is 33.3. The van der Waals surface area contributed by atoms with Crippen molar-refractivity contribution in [3.05, 3.63) is 0 Å². The summed E-state index contributed by atoms with van der Waals surface area (Å²) in [6, 6.07) is 0. The number of carbonyl (C=O) groups excluding carboxylic acids is 2. The second-order valence-electron chi connectivity index (χ2n) is 13.9. The second-order valence-corrected chi connectivity index (χ2v) is 13.9. The molecule has 44 heavy (non-hydrogen) atoms. The summed E-state index contributed by atoms with van der Waals surface area (Å²) in [5.41, 5.74) is 0. The maximum Gasteiger partial charge on any atom is 0.305 e. The average Bonchev–Trinajstić information content (AvgIpc) is 3.02. The lowest BCUT2D eigenvalue weighted by Crippen LogP contribution is -2.25. The first-order valence-electron chi connectivity index (χ1n) is 19.4. The van der Waals surface area contributed by atoms with E-state index in [-0.39, 0.29) is 25.2 Å². The van der Waals surface area contributed by atoms with Crippen molar-refractivity contribution in [2.75, 3.05) is 13.2 Å². The van der Waals surface area contributed by atoms with Gasteiger partial charge in [-0.1, -0.05) is 182 Å². The third-order valence-electron chi connectivity index (χ3n) is 9.42. The topological polar surface area (TPSA) is 72.8 Å². The quantitative estimate of drug-likeness (QED) is 0.0569. The van der Waals surface area contributed by atoms with Crippen LogP contribution in [-0.4, -0.2) is 36.4 Å². The summed E-state index contributed by atoms with van der Waals surface area (Å²) in [7, 11) is 0. The third kappa shape index (κ3) is 32.3. The van der Waals surface area contributed by atoms with Crippen LogP contribution in [0.25, 0.3) is 0 Å². The van der Waals surface area contributed by atoms with Gasteiger partial charge in [0.2, 0.25) is 0 Å². The zero-order valence-corrected chi connectivity index (χ0v) is 30.0. The molecule has 0 aliphatic heterocycles. The van der Waals surface area contributed by atoms with Crippen molar-refractivity contribution in [3.8, 4) is 0 Å². The van der Waals surface area contributed by atoms with Crippen LogP contribution in [0.1, 0.15) is 207 Å². The summed E-state index contributed by atoms with van der Waals surface area (Å²) in [6.07, 6.45) is 32.9. The van der Waals surface area contributed by atoms with Gasteiger partial charge < -0.3 is 14.6 Å². The molecule has 0 aliphatic rings. The monoisotopic (exact) mass is 625 g/mol. The summed E-state index contributed by atoms with van der Waals surface area (Å²) in [5, 5.41) is 10.00. The van der Waals surface area contributed by atoms with Crippen LogP contribution in [0.3, 0.4) is 0 Å². The Morgan fingerprint density at radius 3 is 0.977 bits per heavy atom. The van der Waals surface area contributed by atoms with Gasteiger partial charge in [-0.05, 0) is 24.7 Å². The Labute approximate surface area is 274 Å². The predicted molar refractivity (Wildman–Crippen MR) is 187 cm³/mol. The van der Waals surface area contributed by atoms with Crippen LogP contribution in [0.2, 0.25) is 0 Å². The molecule has 1 N–H and O–H groups in total. The van der Waals surface area contributed by atoms with Gasteiger partial charge in [-0.25, -0.2) is 0 Å². The van der Waals surface area contributed by atoms with Gasteiger partial charge in [0, 0.05) is 12.8 Å². The zero-order valence-electron chi connectivity index (χ0n) is 30.0. The molecule has 0 saturated carbocycles. The molecule has 0 radical (unpaired) electrons. The lowest BCUT2D eigenvalue weighted by Gasteiger charge is -2.12. The van der Waals surface area contributed by atoms with E-state index in [0.29, 0.717) is 12.8 Å². The number of ether oxygens (including phenoxy) is 2. The highest BCUT2D eigenvalue weighted by molar-refractivity contribution is 5.69. The van der Waals surface area contributed by atoms with Crippen LogP contribution in [0.15, 0.2) is 0 Å². The standard InChI is InChI=1S/C39H76O5/c1-5-35(3)29-25-21-17-13-11-9-7-8-10-12-14-19-23-27-31-38(41)43-33-37(40)34-44-39(42)32-28-24-20-16-15-18-22-26-30-36(4)6-2/h35-37,40H,5-34H2,1-4H3/t35?,36?,37-/m1/s1. The van der Waals surface area contributed by atoms with Crippen LogP contribution < -0.4 is 0 Å². The number of hydrogen-bond donors (Lipinski definition) is 1. The molecule has 0 aromatic rings. The third-order valence-corrected chi connectivity index (χ3v) is 9.42. The lowest BCUT2D eigenvalue weighted by molar-refractivity contribution is -0.152. The molecule has 0 aliphatic carbocycles. The van der Waals surface area contributed by atoms with Crippen molar-refractivity contribution in [1.29, 1.82) is 0 Å². The summed E-state index contributed by atoms with van der Waals surface area (Å²) in [5.74, 6) is 1.21. The molecular formula is C39H76O5. The van der Waals surface area contributed by atoms with Gasteiger partial charge in [0.25, 0.3) is 0 Å². The van der Waals surface area contributed by atoms with Crippen molar-refractivity contribution in [2.45, 2.75) is 214 Å². The highest BCUT2D eigenvalue weighted by atomic mass is 16.6. The fourth-order valence-electron chi connectivity index (χ4n) is 5.69. The smallest absolute Gasteiger partial charge is 0.305 e. The fourth-order valence-corrected chi connectivity index (χ4v) is 5.69. The predicted octanol–water partition coefficient (Wildman–Crippen LogP) is 11.7. The maximum atomic E-state index is 12.0. The number of hydrogen-bond acceptors (Lipinski definition) is 5. The molecular weight excluding hydrogens is 548 g/mol. The van der Waals surface area contributed by atoms with Gasteiger partial charge in [0.15, 0.2) is 0 Å². The minimum Gasteiger partial charge on any atom is -0.463 e. The molecule has 0 bridgehead atoms. The van der Waals surface area contributed by atoms with E-state index in [2.05, 4.69) is 27.7 Å². The molecule has 0 saturated heterocycles. The largest absolute Gasteiger partial charge is 0.463 e. The number of esters is 2. The van der Waals surface area contributed by atoms with Crippen LogP contribution in [0.5, 0.6) is 0 Å². The van der Waals surface area contributed by atoms with Gasteiger partial charge in [0.1, 0.15) is 19.3 Å². The van der Waals surface area contributed by atoms with E-state index in [9.17, 15) is 14.7 Å². The summed E-state index contributed by atoms with van der Waals surface area (Å²) in [6.45, 7) is 9.05. The van der Waals surface area contributed by atoms with Gasteiger partial charge in [0.05, 0.1) is 0 Å². The Kier molecular flexibility index (Phi) is 32.4. The number of rotatable bonds is 34. The molecule has 0 spiro atoms. The minimum absolute atomic E-state index is 0.109. The molecule has 5 heteroatoms. The highest BCUT2D eigenvalue weighted by Gasteiger charge is 2.12. The van der Waals surface area contributed by atoms with Crippen molar-refractivity contribution >= 4 is 11.9 Å². The molecule has 3 atom stereocenters. The van der Waals surface area contributed by atoms with Crippen LogP contribution in [0.4, 0.5) is 0 Å². The molecule has 0 amide bonds. The highest BCUT2D eigenvalue weighted by Crippen LogP contribution is 2.17. The Hall–Kier alpha value is -1.10. The first-order valence-corrected chi connectivity index (χ1v) is 19.4. The molecule has 0 heterocycles. The van der Waals surface area contributed by atoms with E-state index in [1.807, 2.05) is 0 Å². The zero-order chi connectivity index (χ0) is 32.5. The first kappa shape index (κ1) is 42.9. The summed E-state index contributed by atoms with van der Waals surface area (Å²) < 4.78 is 10.3. The van der Waals surface area contributed by atoms with Crippen LogP contribution in [-0.2, 0) is 19.1 Å². The number of carbonyl (C=O) groups is 2. The average molecular weight is 625 g/mol. The molecule has 0 fully saturated rings. The van der Waals surface area contributed by atoms with Crippen molar-refractivity contribution in [2.24, 2.45) is 11.8 Å². The number of aliphatic hydroxyl groups excluding tert-OH is 1. The van der Waals surface area contributed by atoms with E-state index in [1.54, 1.807) is 0 Å². The summed E-state index contributed by atoms with van der Waals surface area (Å²) in [4.78, 5) is 23.9. The van der Waals surface area contributed by atoms with E-state index >= 15 is 0 Å². The van der Waals surface area contributed by atoms with E-state index < -0.39 is 6.10 Å². The fraction of sp³-hybridized carbons (Fsp3) is 0.949. The Morgan fingerprint density at radius 2 is 0.705 bits per heavy atom. The van der Waals surface area contributed by atoms with Crippen LogP contribution >= 0.6 is 0 Å². The number of aliphatic hydroxyl groups is 1. The van der Waals surface area contributed by atoms with E-state index in [1.165, 1.54) is 135 Å². The normalized spacial score (nSPS) is 13.5. The molecule has 0 aromatic carbocycles. The summed E-state index contributed by atoms with van der Waals surface area (Å²) >= 11 is 0. The minimum atomic E-state index is -0.956. The Bertz CT molecular complexity index is 622. The molecule has 2 unspecified atom stereocenters. The lowest BCUT2D eigenvalue weighted by atomic mass is 9.99. The maximum absolute atomic E-state index is 12.0. The van der Waals surface area contributed by atoms with Gasteiger partial charge in [-0.15, -0.1) is 0 Å². The van der Waals surface area contributed by atoms with E-state index in [4.69, 9.17) is 9.47 Å². The molecule has 262 valence electrons. The van der Waals surface area contributed by atoms with Gasteiger partial charge in [-0.2, -0.15) is 0 Å². The number of unbranched alkanes of at least 4 members (excludes halogenated alkanes) is 20.